The summed E-state index contributed by atoms with van der Waals surface area (Å²) in [5, 5.41) is 5.49. The summed E-state index contributed by atoms with van der Waals surface area (Å²) in [6.45, 7) is 8.63. The second-order valence-corrected chi connectivity index (χ2v) is 11.0. The number of aryl methyl sites for hydroxylation is 2. The number of aromatic nitrogens is 2. The molecule has 2 atom stereocenters. The molecule has 1 amide bonds. The molecule has 0 N–H and O–H groups in total. The maximum Gasteiger partial charge on any atom is 0.254 e. The average molecular weight is 482 g/mol. The van der Waals surface area contributed by atoms with E-state index in [0.717, 1.165) is 22.2 Å². The molecule has 1 fully saturated rings. The van der Waals surface area contributed by atoms with Crippen LogP contribution in [0.1, 0.15) is 35.7 Å². The summed E-state index contributed by atoms with van der Waals surface area (Å²) in [7, 11) is -3.62. The molecule has 0 radical (unpaired) electrons. The number of nitrogens with zero attached hydrogens (tertiary/aromatic N) is 3. The maximum absolute atomic E-state index is 13.3. The zero-order valence-electron chi connectivity index (χ0n) is 19.8. The van der Waals surface area contributed by atoms with Gasteiger partial charge in [-0.25, -0.2) is 12.4 Å². The van der Waals surface area contributed by atoms with Crippen LogP contribution in [0, 0.1) is 13.8 Å². The van der Waals surface area contributed by atoms with Crippen LogP contribution < -0.4 is 0 Å². The average Bonchev–Trinajstić information content (AvgIpc) is 3.27. The number of amides is 1. The van der Waals surface area contributed by atoms with Gasteiger partial charge in [0.2, 0.25) is 10.0 Å². The topological polar surface area (TPSA) is 94.6 Å². The zero-order valence-corrected chi connectivity index (χ0v) is 20.6. The molecule has 0 unspecified atom stereocenters. The van der Waals surface area contributed by atoms with Gasteiger partial charge in [-0.05, 0) is 57.5 Å². The van der Waals surface area contributed by atoms with Gasteiger partial charge in [-0.3, -0.25) is 4.79 Å². The second-order valence-electron chi connectivity index (χ2n) is 9.16. The SMILES string of the molecule is Cc1noc(C)c1-c1ccc2c3cc(C(=O)N4C[C@@H](C)O[C@@H](C)C4)ccc3n(S(C)(=O)=O)c2c1. The summed E-state index contributed by atoms with van der Waals surface area (Å²) in [6.07, 6.45) is 1.11. The fraction of sp³-hybridized carbons (Fsp3) is 0.360. The Hall–Kier alpha value is -3.17. The van der Waals surface area contributed by atoms with E-state index < -0.39 is 10.0 Å². The number of rotatable bonds is 3. The van der Waals surface area contributed by atoms with Gasteiger partial charge in [-0.15, -0.1) is 0 Å². The normalized spacial score (nSPS) is 19.3. The van der Waals surface area contributed by atoms with Crippen molar-refractivity contribution in [1.29, 1.82) is 0 Å². The number of hydrogen-bond donors (Lipinski definition) is 0. The number of ether oxygens (including phenoxy) is 1. The van der Waals surface area contributed by atoms with Crippen LogP contribution in [0.25, 0.3) is 32.9 Å². The summed E-state index contributed by atoms with van der Waals surface area (Å²) in [5.41, 5.74) is 4.02. The molecular formula is C25H27N3O5S. The number of fused-ring (bicyclic) bond motifs is 3. The van der Waals surface area contributed by atoms with Crippen LogP contribution in [0.3, 0.4) is 0 Å². The first kappa shape index (κ1) is 22.6. The van der Waals surface area contributed by atoms with Gasteiger partial charge in [0.15, 0.2) is 0 Å². The Bertz CT molecular complexity index is 1520. The molecule has 2 aromatic heterocycles. The minimum absolute atomic E-state index is 0.0358. The third kappa shape index (κ3) is 3.69. The molecule has 0 bridgehead atoms. The van der Waals surface area contributed by atoms with Crippen molar-refractivity contribution in [2.24, 2.45) is 0 Å². The number of benzene rings is 2. The predicted octanol–water partition coefficient (Wildman–Crippen LogP) is 4.12. The first-order valence-corrected chi connectivity index (χ1v) is 13.1. The smallest absolute Gasteiger partial charge is 0.254 e. The van der Waals surface area contributed by atoms with Crippen LogP contribution in [0.5, 0.6) is 0 Å². The van der Waals surface area contributed by atoms with Gasteiger partial charge in [-0.2, -0.15) is 0 Å². The third-order valence-electron chi connectivity index (χ3n) is 6.33. The lowest BCUT2D eigenvalue weighted by Gasteiger charge is -2.35. The molecule has 9 heteroatoms. The fourth-order valence-corrected chi connectivity index (χ4v) is 6.08. The Labute approximate surface area is 198 Å². The Morgan fingerprint density at radius 1 is 1.00 bits per heavy atom. The molecule has 4 aromatic rings. The van der Waals surface area contributed by atoms with E-state index in [1.54, 1.807) is 23.1 Å². The highest BCUT2D eigenvalue weighted by atomic mass is 32.2. The molecule has 3 heterocycles. The van der Waals surface area contributed by atoms with Gasteiger partial charge < -0.3 is 14.2 Å². The number of carbonyl (C=O) groups is 1. The first-order valence-electron chi connectivity index (χ1n) is 11.2. The van der Waals surface area contributed by atoms with Gasteiger partial charge in [0.25, 0.3) is 5.91 Å². The largest absolute Gasteiger partial charge is 0.372 e. The standard InChI is InChI=1S/C25H27N3O5S/c1-14-12-27(13-15(2)32-14)25(29)19-7-9-22-21(10-19)20-8-6-18(24-16(3)26-33-17(24)4)11-23(20)28(22)34(5,30)31/h6-11,14-15H,12-13H2,1-5H3/t14-,15+. The van der Waals surface area contributed by atoms with Crippen molar-refractivity contribution in [3.05, 3.63) is 53.4 Å². The number of carbonyl (C=O) groups excluding carboxylic acids is 1. The summed E-state index contributed by atoms with van der Waals surface area (Å²) < 4.78 is 38.1. The molecule has 34 heavy (non-hydrogen) atoms. The highest BCUT2D eigenvalue weighted by molar-refractivity contribution is 7.89. The summed E-state index contributed by atoms with van der Waals surface area (Å²) in [4.78, 5) is 15.1. The van der Waals surface area contributed by atoms with E-state index in [0.29, 0.717) is 40.8 Å². The lowest BCUT2D eigenvalue weighted by Crippen LogP contribution is -2.48. The van der Waals surface area contributed by atoms with Crippen molar-refractivity contribution in [1.82, 2.24) is 14.0 Å². The Morgan fingerprint density at radius 2 is 1.71 bits per heavy atom. The second kappa shape index (κ2) is 7.95. The Kier molecular flexibility index (Phi) is 5.29. The molecule has 5 rings (SSSR count). The summed E-state index contributed by atoms with van der Waals surface area (Å²) in [5.74, 6) is 0.581. The minimum Gasteiger partial charge on any atom is -0.372 e. The predicted molar refractivity (Wildman–Crippen MR) is 131 cm³/mol. The fourth-order valence-electron chi connectivity index (χ4n) is 5.05. The first-order chi connectivity index (χ1) is 16.0. The molecule has 2 aromatic carbocycles. The molecule has 1 aliphatic heterocycles. The van der Waals surface area contributed by atoms with Crippen molar-refractivity contribution >= 4 is 37.7 Å². The van der Waals surface area contributed by atoms with Crippen LogP contribution in [-0.4, -0.2) is 59.9 Å². The van der Waals surface area contributed by atoms with Crippen LogP contribution in [-0.2, 0) is 14.8 Å². The molecule has 8 nitrogen and oxygen atoms in total. The maximum atomic E-state index is 13.3. The van der Waals surface area contributed by atoms with Crippen LogP contribution in [0.2, 0.25) is 0 Å². The molecule has 178 valence electrons. The van der Waals surface area contributed by atoms with E-state index in [-0.39, 0.29) is 18.1 Å². The van der Waals surface area contributed by atoms with Crippen molar-refractivity contribution < 1.29 is 22.5 Å². The van der Waals surface area contributed by atoms with Gasteiger partial charge in [0.1, 0.15) is 5.76 Å². The van der Waals surface area contributed by atoms with Crippen molar-refractivity contribution in [2.45, 2.75) is 39.9 Å². The van der Waals surface area contributed by atoms with E-state index in [1.165, 1.54) is 10.2 Å². The minimum atomic E-state index is -3.62. The van der Waals surface area contributed by atoms with Crippen molar-refractivity contribution in [3.8, 4) is 11.1 Å². The highest BCUT2D eigenvalue weighted by Gasteiger charge is 2.27. The lowest BCUT2D eigenvalue weighted by molar-refractivity contribution is -0.0586. The van der Waals surface area contributed by atoms with Gasteiger partial charge >= 0.3 is 0 Å². The molecule has 1 saturated heterocycles. The quantitative estimate of drug-likeness (QED) is 0.437. The highest BCUT2D eigenvalue weighted by Crippen LogP contribution is 2.36. The van der Waals surface area contributed by atoms with Crippen molar-refractivity contribution in [2.75, 3.05) is 19.3 Å². The third-order valence-corrected chi connectivity index (χ3v) is 7.39. The van der Waals surface area contributed by atoms with Crippen LogP contribution >= 0.6 is 0 Å². The van der Waals surface area contributed by atoms with E-state index >= 15 is 0 Å². The lowest BCUT2D eigenvalue weighted by atomic mass is 10.0. The van der Waals surface area contributed by atoms with Gasteiger partial charge in [0.05, 0.1) is 35.2 Å². The molecule has 0 aliphatic carbocycles. The van der Waals surface area contributed by atoms with Crippen molar-refractivity contribution in [3.63, 3.8) is 0 Å². The van der Waals surface area contributed by atoms with Gasteiger partial charge in [-0.1, -0.05) is 17.3 Å². The zero-order chi connectivity index (χ0) is 24.4. The Balaban J connectivity index is 1.69. The molecule has 0 spiro atoms. The summed E-state index contributed by atoms with van der Waals surface area (Å²) >= 11 is 0. The van der Waals surface area contributed by atoms with Crippen LogP contribution in [0.4, 0.5) is 0 Å². The van der Waals surface area contributed by atoms with Crippen LogP contribution in [0.15, 0.2) is 40.9 Å². The summed E-state index contributed by atoms with van der Waals surface area (Å²) in [6, 6.07) is 10.9. The van der Waals surface area contributed by atoms with E-state index in [4.69, 9.17) is 9.26 Å². The monoisotopic (exact) mass is 481 g/mol. The van der Waals surface area contributed by atoms with E-state index in [1.807, 2.05) is 45.9 Å². The van der Waals surface area contributed by atoms with E-state index in [2.05, 4.69) is 5.16 Å². The number of hydrogen-bond acceptors (Lipinski definition) is 6. The molecular weight excluding hydrogens is 454 g/mol. The Morgan fingerprint density at radius 3 is 2.32 bits per heavy atom. The van der Waals surface area contributed by atoms with Gasteiger partial charge in [0, 0.05) is 35.0 Å². The molecule has 0 saturated carbocycles. The molecule has 1 aliphatic rings. The number of morpholine rings is 1. The van der Waals surface area contributed by atoms with E-state index in [9.17, 15) is 13.2 Å².